The van der Waals surface area contributed by atoms with Crippen molar-refractivity contribution in [3.05, 3.63) is 34.3 Å². The van der Waals surface area contributed by atoms with E-state index in [2.05, 4.69) is 15.9 Å². The van der Waals surface area contributed by atoms with Crippen LogP contribution in [0.5, 0.6) is 0 Å². The minimum absolute atomic E-state index is 0.00345. The summed E-state index contributed by atoms with van der Waals surface area (Å²) in [6.07, 6.45) is 2.76. The summed E-state index contributed by atoms with van der Waals surface area (Å²) in [4.78, 5) is 40.9. The molecule has 1 unspecified atom stereocenters. The fourth-order valence-corrected chi connectivity index (χ4v) is 4.00. The molecule has 0 N–H and O–H groups in total. The zero-order valence-corrected chi connectivity index (χ0v) is 16.4. The van der Waals surface area contributed by atoms with Gasteiger partial charge in [-0.2, -0.15) is 0 Å². The molecule has 1 atom stereocenters. The maximum Gasteiger partial charge on any atom is 0.308 e. The molecule has 1 aromatic carbocycles. The number of methoxy groups -OCH3 is 1. The predicted molar refractivity (Wildman–Crippen MR) is 99.5 cm³/mol. The van der Waals surface area contributed by atoms with Gasteiger partial charge in [0.25, 0.3) is 5.91 Å². The Morgan fingerprint density at radius 3 is 2.31 bits per heavy atom. The van der Waals surface area contributed by atoms with Crippen LogP contribution in [0, 0.1) is 5.92 Å². The Balaban J connectivity index is 1.64. The molecule has 7 heteroatoms. The molecule has 0 aromatic heterocycles. The quantitative estimate of drug-likeness (QED) is 0.701. The molecule has 1 aromatic rings. The Morgan fingerprint density at radius 1 is 1.04 bits per heavy atom. The van der Waals surface area contributed by atoms with E-state index in [0.717, 1.165) is 10.9 Å². The van der Waals surface area contributed by atoms with Crippen LogP contribution in [-0.4, -0.2) is 60.4 Å². The second-order valence-corrected chi connectivity index (χ2v) is 7.70. The monoisotopic (exact) mass is 422 g/mol. The van der Waals surface area contributed by atoms with Crippen molar-refractivity contribution in [3.8, 4) is 0 Å². The van der Waals surface area contributed by atoms with Crippen LogP contribution in [-0.2, 0) is 14.3 Å². The van der Waals surface area contributed by atoms with Crippen molar-refractivity contribution < 1.29 is 19.1 Å². The van der Waals surface area contributed by atoms with Crippen LogP contribution in [0.1, 0.15) is 36.0 Å². The molecular weight excluding hydrogens is 400 g/mol. The van der Waals surface area contributed by atoms with E-state index in [4.69, 9.17) is 4.74 Å². The van der Waals surface area contributed by atoms with Gasteiger partial charge in [0.05, 0.1) is 13.0 Å². The fourth-order valence-electron chi connectivity index (χ4n) is 3.74. The van der Waals surface area contributed by atoms with E-state index >= 15 is 0 Å². The number of hydrogen-bond donors (Lipinski definition) is 0. The third-order valence-electron chi connectivity index (χ3n) is 5.23. The number of likely N-dealkylation sites (tertiary alicyclic amines) is 2. The van der Waals surface area contributed by atoms with Crippen LogP contribution in [0.2, 0.25) is 0 Å². The second-order valence-electron chi connectivity index (χ2n) is 6.79. The van der Waals surface area contributed by atoms with Gasteiger partial charge in [0.15, 0.2) is 0 Å². The smallest absolute Gasteiger partial charge is 0.308 e. The largest absolute Gasteiger partial charge is 0.469 e. The lowest BCUT2D eigenvalue weighted by Gasteiger charge is -2.34. The number of amides is 2. The van der Waals surface area contributed by atoms with Gasteiger partial charge in [-0.3, -0.25) is 14.4 Å². The summed E-state index contributed by atoms with van der Waals surface area (Å²) < 4.78 is 5.71. The molecule has 0 aliphatic carbocycles. The first-order valence-corrected chi connectivity index (χ1v) is 9.73. The minimum atomic E-state index is -0.402. The molecule has 26 heavy (non-hydrogen) atoms. The van der Waals surface area contributed by atoms with Gasteiger partial charge in [0.1, 0.15) is 6.04 Å². The maximum atomic E-state index is 13.0. The molecule has 0 spiro atoms. The van der Waals surface area contributed by atoms with E-state index in [-0.39, 0.29) is 23.7 Å². The first kappa shape index (κ1) is 18.9. The summed E-state index contributed by atoms with van der Waals surface area (Å²) in [6.45, 7) is 1.68. The molecule has 2 fully saturated rings. The SMILES string of the molecule is COC(=O)C1CCN(C(=O)C2CCCN2C(=O)c2ccc(Br)cc2)CC1. The lowest BCUT2D eigenvalue weighted by Crippen LogP contribution is -2.50. The van der Waals surface area contributed by atoms with Crippen molar-refractivity contribution in [1.29, 1.82) is 0 Å². The Hall–Kier alpha value is -1.89. The van der Waals surface area contributed by atoms with Crippen molar-refractivity contribution in [1.82, 2.24) is 9.80 Å². The van der Waals surface area contributed by atoms with Crippen molar-refractivity contribution in [2.75, 3.05) is 26.7 Å². The maximum absolute atomic E-state index is 13.0. The molecule has 0 saturated carbocycles. The number of benzene rings is 1. The summed E-state index contributed by atoms with van der Waals surface area (Å²) in [7, 11) is 1.39. The van der Waals surface area contributed by atoms with E-state index in [9.17, 15) is 14.4 Å². The van der Waals surface area contributed by atoms with Crippen LogP contribution < -0.4 is 0 Å². The molecular formula is C19H23BrN2O4. The van der Waals surface area contributed by atoms with E-state index in [1.54, 1.807) is 21.9 Å². The first-order chi connectivity index (χ1) is 12.5. The summed E-state index contributed by atoms with van der Waals surface area (Å²) in [5.74, 6) is -0.438. The Labute approximate surface area is 161 Å². The van der Waals surface area contributed by atoms with Gasteiger partial charge in [-0.15, -0.1) is 0 Å². The molecule has 6 nitrogen and oxygen atoms in total. The van der Waals surface area contributed by atoms with Gasteiger partial charge < -0.3 is 14.5 Å². The lowest BCUT2D eigenvalue weighted by molar-refractivity contribution is -0.149. The van der Waals surface area contributed by atoms with Crippen LogP contribution in [0.3, 0.4) is 0 Å². The number of rotatable bonds is 3. The minimum Gasteiger partial charge on any atom is -0.469 e. The predicted octanol–water partition coefficient (Wildman–Crippen LogP) is 2.47. The van der Waals surface area contributed by atoms with Gasteiger partial charge >= 0.3 is 5.97 Å². The number of esters is 1. The highest BCUT2D eigenvalue weighted by Gasteiger charge is 2.38. The number of piperidine rings is 1. The summed E-state index contributed by atoms with van der Waals surface area (Å²) in [5, 5.41) is 0. The van der Waals surface area contributed by atoms with Crippen molar-refractivity contribution in [2.45, 2.75) is 31.7 Å². The molecule has 2 heterocycles. The molecule has 2 aliphatic heterocycles. The third-order valence-corrected chi connectivity index (χ3v) is 5.76. The normalized spacial score (nSPS) is 20.9. The standard InChI is InChI=1S/C19H23BrN2O4/c1-26-19(25)14-8-11-21(12-9-14)18(24)16-3-2-10-22(16)17(23)13-4-6-15(20)7-5-13/h4-7,14,16H,2-3,8-12H2,1H3. The number of hydrogen-bond acceptors (Lipinski definition) is 4. The van der Waals surface area contributed by atoms with E-state index in [0.29, 0.717) is 44.5 Å². The number of ether oxygens (including phenoxy) is 1. The highest BCUT2D eigenvalue weighted by atomic mass is 79.9. The summed E-state index contributed by atoms with van der Waals surface area (Å²) in [6, 6.07) is 6.80. The van der Waals surface area contributed by atoms with Gasteiger partial charge in [-0.1, -0.05) is 15.9 Å². The Morgan fingerprint density at radius 2 is 1.69 bits per heavy atom. The number of nitrogens with zero attached hydrogens (tertiary/aromatic N) is 2. The van der Waals surface area contributed by atoms with Crippen molar-refractivity contribution in [3.63, 3.8) is 0 Å². The van der Waals surface area contributed by atoms with Gasteiger partial charge in [0.2, 0.25) is 5.91 Å². The highest BCUT2D eigenvalue weighted by molar-refractivity contribution is 9.10. The Bertz CT molecular complexity index is 683. The summed E-state index contributed by atoms with van der Waals surface area (Å²) >= 11 is 3.37. The Kier molecular flexibility index (Phi) is 5.96. The van der Waals surface area contributed by atoms with Crippen molar-refractivity contribution >= 4 is 33.7 Å². The number of halogens is 1. The van der Waals surface area contributed by atoms with Crippen LogP contribution in [0.4, 0.5) is 0 Å². The van der Waals surface area contributed by atoms with E-state index in [1.807, 2.05) is 12.1 Å². The first-order valence-electron chi connectivity index (χ1n) is 8.94. The molecule has 140 valence electrons. The zero-order chi connectivity index (χ0) is 18.7. The van der Waals surface area contributed by atoms with E-state index in [1.165, 1.54) is 7.11 Å². The summed E-state index contributed by atoms with van der Waals surface area (Å²) in [5.41, 5.74) is 0.595. The lowest BCUT2D eigenvalue weighted by atomic mass is 9.96. The molecule has 0 bridgehead atoms. The molecule has 2 amide bonds. The topological polar surface area (TPSA) is 66.9 Å². The second kappa shape index (κ2) is 8.20. The van der Waals surface area contributed by atoms with Crippen LogP contribution in [0.25, 0.3) is 0 Å². The van der Waals surface area contributed by atoms with Crippen LogP contribution in [0.15, 0.2) is 28.7 Å². The van der Waals surface area contributed by atoms with E-state index < -0.39 is 6.04 Å². The van der Waals surface area contributed by atoms with Crippen LogP contribution >= 0.6 is 15.9 Å². The van der Waals surface area contributed by atoms with Gasteiger partial charge in [0, 0.05) is 29.7 Å². The van der Waals surface area contributed by atoms with Crippen molar-refractivity contribution in [2.24, 2.45) is 5.92 Å². The average molecular weight is 423 g/mol. The molecule has 2 aliphatic rings. The van der Waals surface area contributed by atoms with Gasteiger partial charge in [-0.05, 0) is 49.9 Å². The molecule has 3 rings (SSSR count). The molecule has 0 radical (unpaired) electrons. The highest BCUT2D eigenvalue weighted by Crippen LogP contribution is 2.25. The fraction of sp³-hybridized carbons (Fsp3) is 0.526. The number of carbonyl (C=O) groups is 3. The zero-order valence-electron chi connectivity index (χ0n) is 14.8. The third kappa shape index (κ3) is 3.92. The van der Waals surface area contributed by atoms with Gasteiger partial charge in [-0.25, -0.2) is 0 Å². The number of carbonyl (C=O) groups excluding carboxylic acids is 3. The average Bonchev–Trinajstić information content (AvgIpc) is 3.16. The molecule has 2 saturated heterocycles.